The molecule has 1 unspecified atom stereocenters. The van der Waals surface area contributed by atoms with Crippen molar-refractivity contribution < 1.29 is 9.52 Å². The highest BCUT2D eigenvalue weighted by Crippen LogP contribution is 2.17. The van der Waals surface area contributed by atoms with E-state index in [-0.39, 0.29) is 12.6 Å². The monoisotopic (exact) mass is 231 g/mol. The van der Waals surface area contributed by atoms with E-state index < -0.39 is 0 Å². The molecule has 0 saturated carbocycles. The van der Waals surface area contributed by atoms with Crippen molar-refractivity contribution in [2.45, 2.75) is 26.0 Å². The molecule has 1 heterocycles. The van der Waals surface area contributed by atoms with E-state index in [1.165, 1.54) is 0 Å². The van der Waals surface area contributed by atoms with E-state index >= 15 is 0 Å². The van der Waals surface area contributed by atoms with E-state index in [4.69, 9.17) is 4.42 Å². The topological polar surface area (TPSA) is 45.4 Å². The van der Waals surface area contributed by atoms with E-state index in [9.17, 15) is 5.11 Å². The molecule has 2 aromatic rings. The Morgan fingerprint density at radius 2 is 2.06 bits per heavy atom. The molecule has 2 rings (SSSR count). The Morgan fingerprint density at radius 3 is 2.76 bits per heavy atom. The van der Waals surface area contributed by atoms with Crippen LogP contribution in [-0.4, -0.2) is 11.1 Å². The molecule has 1 atom stereocenters. The lowest BCUT2D eigenvalue weighted by molar-refractivity contribution is 0.282. The molecule has 17 heavy (non-hydrogen) atoms. The number of anilines is 1. The summed E-state index contributed by atoms with van der Waals surface area (Å²) in [6.07, 6.45) is 2.51. The Kier molecular flexibility index (Phi) is 3.83. The highest BCUT2D eigenvalue weighted by atomic mass is 16.3. The lowest BCUT2D eigenvalue weighted by Gasteiger charge is -2.16. The zero-order valence-electron chi connectivity index (χ0n) is 9.89. The minimum absolute atomic E-state index is 0.0522. The van der Waals surface area contributed by atoms with Crippen LogP contribution in [0.2, 0.25) is 0 Å². The molecule has 3 heteroatoms. The maximum Gasteiger partial charge on any atom is 0.105 e. The van der Waals surface area contributed by atoms with Crippen molar-refractivity contribution in [3.8, 4) is 0 Å². The molecule has 0 aliphatic heterocycles. The molecule has 0 radical (unpaired) electrons. The van der Waals surface area contributed by atoms with Crippen LogP contribution >= 0.6 is 0 Å². The van der Waals surface area contributed by atoms with Crippen LogP contribution < -0.4 is 5.32 Å². The molecule has 0 aliphatic rings. The van der Waals surface area contributed by atoms with Gasteiger partial charge in [-0.25, -0.2) is 0 Å². The van der Waals surface area contributed by atoms with Crippen LogP contribution in [0.15, 0.2) is 47.1 Å². The van der Waals surface area contributed by atoms with Crippen LogP contribution in [0.25, 0.3) is 0 Å². The normalized spacial score (nSPS) is 12.4. The van der Waals surface area contributed by atoms with Crippen LogP contribution in [-0.2, 0) is 13.0 Å². The number of aliphatic hydroxyl groups excluding tert-OH is 1. The molecule has 1 aromatic heterocycles. The van der Waals surface area contributed by atoms with Gasteiger partial charge in [-0.2, -0.15) is 0 Å². The van der Waals surface area contributed by atoms with Crippen molar-refractivity contribution in [2.24, 2.45) is 0 Å². The van der Waals surface area contributed by atoms with Gasteiger partial charge in [-0.3, -0.25) is 0 Å². The van der Waals surface area contributed by atoms with E-state index in [1.807, 2.05) is 36.4 Å². The molecule has 0 amide bonds. The van der Waals surface area contributed by atoms with Crippen molar-refractivity contribution in [1.29, 1.82) is 0 Å². The first-order chi connectivity index (χ1) is 8.29. The fourth-order valence-corrected chi connectivity index (χ4v) is 1.85. The lowest BCUT2D eigenvalue weighted by Crippen LogP contribution is -2.18. The van der Waals surface area contributed by atoms with Gasteiger partial charge in [0, 0.05) is 23.7 Å². The number of furan rings is 1. The number of hydrogen-bond acceptors (Lipinski definition) is 3. The number of rotatable bonds is 5. The van der Waals surface area contributed by atoms with Gasteiger partial charge in [0.25, 0.3) is 0 Å². The molecule has 0 aliphatic carbocycles. The number of para-hydroxylation sites is 1. The molecule has 0 bridgehead atoms. The first-order valence-electron chi connectivity index (χ1n) is 5.77. The van der Waals surface area contributed by atoms with E-state index in [0.717, 1.165) is 23.4 Å². The highest BCUT2D eigenvalue weighted by molar-refractivity contribution is 5.51. The van der Waals surface area contributed by atoms with Crippen molar-refractivity contribution in [2.75, 3.05) is 5.32 Å². The Labute approximate surface area is 101 Å². The number of aliphatic hydroxyl groups is 1. The van der Waals surface area contributed by atoms with Gasteiger partial charge < -0.3 is 14.8 Å². The zero-order chi connectivity index (χ0) is 12.1. The average molecular weight is 231 g/mol. The Bertz CT molecular complexity index is 451. The van der Waals surface area contributed by atoms with Gasteiger partial charge in [0.15, 0.2) is 0 Å². The summed E-state index contributed by atoms with van der Waals surface area (Å²) in [6, 6.07) is 11.9. The Hall–Kier alpha value is -1.74. The maximum atomic E-state index is 9.23. The van der Waals surface area contributed by atoms with Crippen molar-refractivity contribution in [1.82, 2.24) is 0 Å². The summed E-state index contributed by atoms with van der Waals surface area (Å²) < 4.78 is 5.31. The van der Waals surface area contributed by atoms with E-state index in [2.05, 4.69) is 12.2 Å². The predicted octanol–water partition coefficient (Wildman–Crippen LogP) is 2.82. The van der Waals surface area contributed by atoms with Crippen LogP contribution in [0.3, 0.4) is 0 Å². The van der Waals surface area contributed by atoms with Crippen LogP contribution in [0.5, 0.6) is 0 Å². The first-order valence-corrected chi connectivity index (χ1v) is 5.77. The second-order valence-electron chi connectivity index (χ2n) is 4.14. The Balaban J connectivity index is 2.00. The largest absolute Gasteiger partial charge is 0.469 e. The average Bonchev–Trinajstić information content (AvgIpc) is 2.82. The fraction of sp³-hybridized carbons (Fsp3) is 0.286. The fourth-order valence-electron chi connectivity index (χ4n) is 1.85. The van der Waals surface area contributed by atoms with Gasteiger partial charge >= 0.3 is 0 Å². The summed E-state index contributed by atoms with van der Waals surface area (Å²) in [5.41, 5.74) is 1.90. The number of benzene rings is 1. The summed E-state index contributed by atoms with van der Waals surface area (Å²) >= 11 is 0. The van der Waals surface area contributed by atoms with Crippen molar-refractivity contribution >= 4 is 5.69 Å². The molecule has 0 fully saturated rings. The number of hydrogen-bond donors (Lipinski definition) is 2. The third kappa shape index (κ3) is 3.11. The van der Waals surface area contributed by atoms with Gasteiger partial charge in [0.05, 0.1) is 12.9 Å². The molecule has 90 valence electrons. The van der Waals surface area contributed by atoms with Crippen LogP contribution in [0.1, 0.15) is 18.2 Å². The lowest BCUT2D eigenvalue weighted by atomic mass is 10.1. The smallest absolute Gasteiger partial charge is 0.105 e. The maximum absolute atomic E-state index is 9.23. The molecule has 3 nitrogen and oxygen atoms in total. The van der Waals surface area contributed by atoms with Crippen LogP contribution in [0, 0.1) is 0 Å². The molecule has 0 saturated heterocycles. The minimum atomic E-state index is 0.0522. The Morgan fingerprint density at radius 1 is 1.24 bits per heavy atom. The standard InChI is InChI=1S/C14H17NO2/c1-11(9-13-6-4-8-17-13)15-14-7-3-2-5-12(14)10-16/h2-8,11,15-16H,9-10H2,1H3. The van der Waals surface area contributed by atoms with E-state index in [1.54, 1.807) is 6.26 Å². The first kappa shape index (κ1) is 11.7. The summed E-state index contributed by atoms with van der Waals surface area (Å²) in [5, 5.41) is 12.6. The third-order valence-electron chi connectivity index (χ3n) is 2.68. The molecule has 2 N–H and O–H groups in total. The predicted molar refractivity (Wildman–Crippen MR) is 67.9 cm³/mol. The summed E-state index contributed by atoms with van der Waals surface area (Å²) in [6.45, 7) is 2.15. The second kappa shape index (κ2) is 5.55. The second-order valence-corrected chi connectivity index (χ2v) is 4.14. The van der Waals surface area contributed by atoms with E-state index in [0.29, 0.717) is 0 Å². The summed E-state index contributed by atoms with van der Waals surface area (Å²) in [7, 11) is 0. The quantitative estimate of drug-likeness (QED) is 0.831. The van der Waals surface area contributed by atoms with Crippen LogP contribution in [0.4, 0.5) is 5.69 Å². The molecular weight excluding hydrogens is 214 g/mol. The van der Waals surface area contributed by atoms with Gasteiger partial charge in [-0.1, -0.05) is 18.2 Å². The molecular formula is C14H17NO2. The SMILES string of the molecule is CC(Cc1ccco1)Nc1ccccc1CO. The summed E-state index contributed by atoms with van der Waals surface area (Å²) in [4.78, 5) is 0. The molecule has 0 spiro atoms. The van der Waals surface area contributed by atoms with Gasteiger partial charge in [-0.15, -0.1) is 0 Å². The highest BCUT2D eigenvalue weighted by Gasteiger charge is 2.07. The number of nitrogens with one attached hydrogen (secondary N) is 1. The summed E-state index contributed by atoms with van der Waals surface area (Å²) in [5.74, 6) is 0.964. The molecule has 1 aromatic carbocycles. The van der Waals surface area contributed by atoms with Gasteiger partial charge in [0.1, 0.15) is 5.76 Å². The van der Waals surface area contributed by atoms with Crippen molar-refractivity contribution in [3.05, 3.63) is 54.0 Å². The van der Waals surface area contributed by atoms with Gasteiger partial charge in [-0.05, 0) is 25.1 Å². The minimum Gasteiger partial charge on any atom is -0.469 e. The van der Waals surface area contributed by atoms with Crippen molar-refractivity contribution in [3.63, 3.8) is 0 Å². The zero-order valence-corrected chi connectivity index (χ0v) is 9.89. The van der Waals surface area contributed by atoms with Gasteiger partial charge in [0.2, 0.25) is 0 Å². The third-order valence-corrected chi connectivity index (χ3v) is 2.68.